The van der Waals surface area contributed by atoms with Crippen molar-refractivity contribution in [1.29, 1.82) is 0 Å². The molecule has 0 spiro atoms. The molecule has 2 rings (SSSR count). The largest absolute Gasteiger partial charge is 0.372 e. The van der Waals surface area contributed by atoms with Gasteiger partial charge in [-0.1, -0.05) is 101 Å². The first kappa shape index (κ1) is 20.2. The molecule has 1 heteroatoms. The fourth-order valence-electron chi connectivity index (χ4n) is 3.64. The predicted molar refractivity (Wildman–Crippen MR) is 109 cm³/mol. The van der Waals surface area contributed by atoms with E-state index in [0.29, 0.717) is 12.0 Å². The molecule has 1 aliphatic rings. The summed E-state index contributed by atoms with van der Waals surface area (Å²) in [6.07, 6.45) is 21.6. The minimum absolute atomic E-state index is 0.466. The second-order valence-corrected chi connectivity index (χ2v) is 7.55. The summed E-state index contributed by atoms with van der Waals surface area (Å²) >= 11 is 0. The molecule has 0 saturated carbocycles. The van der Waals surface area contributed by atoms with E-state index in [9.17, 15) is 0 Å². The van der Waals surface area contributed by atoms with E-state index in [1.807, 2.05) is 0 Å². The molecule has 1 aromatic carbocycles. The van der Waals surface area contributed by atoms with Crippen LogP contribution in [0.4, 0.5) is 0 Å². The molecule has 0 amide bonds. The smallest absolute Gasteiger partial charge is 0.0878 e. The minimum Gasteiger partial charge on any atom is -0.372 e. The van der Waals surface area contributed by atoms with Crippen LogP contribution in [0.1, 0.15) is 95.5 Å². The van der Waals surface area contributed by atoms with Gasteiger partial charge in [-0.2, -0.15) is 0 Å². The van der Waals surface area contributed by atoms with Crippen LogP contribution in [0.15, 0.2) is 42.5 Å². The number of unbranched alkanes of at least 4 members (excludes halogenated alkanes) is 9. The summed E-state index contributed by atoms with van der Waals surface area (Å²) in [5.41, 5.74) is 1.44. The van der Waals surface area contributed by atoms with E-state index in [0.717, 1.165) is 6.61 Å². The second-order valence-electron chi connectivity index (χ2n) is 7.55. The van der Waals surface area contributed by atoms with Crippen LogP contribution in [0.5, 0.6) is 0 Å². The van der Waals surface area contributed by atoms with Crippen molar-refractivity contribution in [3.8, 4) is 0 Å². The maximum Gasteiger partial charge on any atom is 0.0878 e. The Balaban J connectivity index is 1.46. The Morgan fingerprint density at radius 1 is 0.880 bits per heavy atom. The van der Waals surface area contributed by atoms with Gasteiger partial charge in [-0.25, -0.2) is 0 Å². The van der Waals surface area contributed by atoms with Crippen LogP contribution >= 0.6 is 0 Å². The van der Waals surface area contributed by atoms with E-state index < -0.39 is 0 Å². The lowest BCUT2D eigenvalue weighted by atomic mass is 9.91. The van der Waals surface area contributed by atoms with Crippen molar-refractivity contribution >= 4 is 0 Å². The number of hydrogen-bond donors (Lipinski definition) is 0. The fraction of sp³-hybridized carbons (Fsp3) is 0.667. The van der Waals surface area contributed by atoms with Crippen molar-refractivity contribution in [2.45, 2.75) is 96.0 Å². The van der Waals surface area contributed by atoms with E-state index >= 15 is 0 Å². The molecular weight excluding hydrogens is 304 g/mol. The van der Waals surface area contributed by atoms with Crippen LogP contribution in [0.2, 0.25) is 0 Å². The molecule has 0 aromatic heterocycles. The van der Waals surface area contributed by atoms with E-state index in [2.05, 4.69) is 49.4 Å². The number of hydrogen-bond acceptors (Lipinski definition) is 1. The van der Waals surface area contributed by atoms with Gasteiger partial charge >= 0.3 is 0 Å². The molecule has 1 heterocycles. The first-order chi connectivity index (χ1) is 12.4. The molecule has 1 nitrogen and oxygen atoms in total. The average molecular weight is 343 g/mol. The van der Waals surface area contributed by atoms with E-state index in [-0.39, 0.29) is 0 Å². The summed E-state index contributed by atoms with van der Waals surface area (Å²) in [5.74, 6) is 0.582. The molecule has 140 valence electrons. The Labute approximate surface area is 155 Å². The maximum atomic E-state index is 5.56. The Morgan fingerprint density at radius 3 is 2.12 bits per heavy atom. The normalized spacial score (nSPS) is 17.9. The summed E-state index contributed by atoms with van der Waals surface area (Å²) in [5, 5.41) is 0. The van der Waals surface area contributed by atoms with Crippen LogP contribution in [0, 0.1) is 0 Å². The molecule has 1 fully saturated rings. The van der Waals surface area contributed by atoms with E-state index in [4.69, 9.17) is 4.74 Å². The first-order valence-corrected chi connectivity index (χ1v) is 10.7. The number of allylic oxidation sites excluding steroid dienone is 2. The highest BCUT2D eigenvalue weighted by Crippen LogP contribution is 2.33. The number of ether oxygens (including phenoxy) is 1. The zero-order chi connectivity index (χ0) is 17.6. The lowest BCUT2D eigenvalue weighted by Gasteiger charge is -2.13. The SMILES string of the molecule is CCCCCCCCCCCC=CCCC(c1ccccc1)C1CO1. The van der Waals surface area contributed by atoms with Crippen LogP contribution in [-0.2, 0) is 4.74 Å². The van der Waals surface area contributed by atoms with Crippen LogP contribution in [0.3, 0.4) is 0 Å². The first-order valence-electron chi connectivity index (χ1n) is 10.7. The highest BCUT2D eigenvalue weighted by atomic mass is 16.6. The topological polar surface area (TPSA) is 12.5 Å². The average Bonchev–Trinajstić information content (AvgIpc) is 3.48. The zero-order valence-corrected chi connectivity index (χ0v) is 16.3. The van der Waals surface area contributed by atoms with Gasteiger partial charge in [0.15, 0.2) is 0 Å². The summed E-state index contributed by atoms with van der Waals surface area (Å²) in [7, 11) is 0. The van der Waals surface area contributed by atoms with Gasteiger partial charge in [-0.3, -0.25) is 0 Å². The predicted octanol–water partition coefficient (Wildman–Crippen LogP) is 7.43. The summed E-state index contributed by atoms with van der Waals surface area (Å²) in [4.78, 5) is 0. The summed E-state index contributed by atoms with van der Waals surface area (Å²) in [6, 6.07) is 10.9. The van der Waals surface area contributed by atoms with Crippen molar-refractivity contribution in [2.24, 2.45) is 0 Å². The molecule has 2 atom stereocenters. The second kappa shape index (κ2) is 13.2. The monoisotopic (exact) mass is 342 g/mol. The molecule has 0 aliphatic carbocycles. The van der Waals surface area contributed by atoms with E-state index in [1.165, 1.54) is 82.6 Å². The molecule has 0 bridgehead atoms. The van der Waals surface area contributed by atoms with Crippen molar-refractivity contribution < 1.29 is 4.74 Å². The van der Waals surface area contributed by atoms with Gasteiger partial charge < -0.3 is 4.74 Å². The summed E-state index contributed by atoms with van der Waals surface area (Å²) < 4.78 is 5.56. The van der Waals surface area contributed by atoms with Gasteiger partial charge in [0, 0.05) is 5.92 Å². The molecule has 25 heavy (non-hydrogen) atoms. The lowest BCUT2D eigenvalue weighted by Crippen LogP contribution is -2.05. The lowest BCUT2D eigenvalue weighted by molar-refractivity contribution is 0.365. The number of benzene rings is 1. The van der Waals surface area contributed by atoms with Crippen LogP contribution in [-0.4, -0.2) is 12.7 Å². The Bertz CT molecular complexity index is 446. The van der Waals surface area contributed by atoms with Crippen molar-refractivity contribution in [1.82, 2.24) is 0 Å². The Morgan fingerprint density at radius 2 is 1.48 bits per heavy atom. The zero-order valence-electron chi connectivity index (χ0n) is 16.3. The highest BCUT2D eigenvalue weighted by Gasteiger charge is 2.32. The highest BCUT2D eigenvalue weighted by molar-refractivity contribution is 5.22. The Hall–Kier alpha value is -1.08. The minimum atomic E-state index is 0.466. The van der Waals surface area contributed by atoms with Crippen molar-refractivity contribution in [3.05, 3.63) is 48.0 Å². The molecule has 1 aliphatic heterocycles. The van der Waals surface area contributed by atoms with Gasteiger partial charge in [0.05, 0.1) is 12.7 Å². The molecule has 2 unspecified atom stereocenters. The number of epoxide rings is 1. The van der Waals surface area contributed by atoms with Crippen LogP contribution < -0.4 is 0 Å². The quantitative estimate of drug-likeness (QED) is 0.183. The fourth-order valence-corrected chi connectivity index (χ4v) is 3.64. The third kappa shape index (κ3) is 9.26. The molecule has 0 N–H and O–H groups in total. The molecule has 1 saturated heterocycles. The van der Waals surface area contributed by atoms with Gasteiger partial charge in [0.2, 0.25) is 0 Å². The molecular formula is C24H38O. The van der Waals surface area contributed by atoms with E-state index in [1.54, 1.807) is 0 Å². The third-order valence-corrected chi connectivity index (χ3v) is 5.32. The molecule has 0 radical (unpaired) electrons. The standard InChI is InChI=1S/C24H38O/c1-2-3-4-5-6-7-8-9-10-11-12-13-17-20-23(24-21-25-24)22-18-15-14-16-19-22/h12-16,18-19,23-24H,2-11,17,20-21H2,1H3. The van der Waals surface area contributed by atoms with Crippen molar-refractivity contribution in [3.63, 3.8) is 0 Å². The summed E-state index contributed by atoms with van der Waals surface area (Å²) in [6.45, 7) is 3.23. The van der Waals surface area contributed by atoms with Gasteiger partial charge in [0.1, 0.15) is 0 Å². The van der Waals surface area contributed by atoms with Gasteiger partial charge in [-0.15, -0.1) is 0 Å². The molecule has 1 aromatic rings. The maximum absolute atomic E-state index is 5.56. The Kier molecular flexibility index (Phi) is 10.7. The van der Waals surface area contributed by atoms with Gasteiger partial charge in [-0.05, 0) is 31.2 Å². The van der Waals surface area contributed by atoms with Crippen molar-refractivity contribution in [2.75, 3.05) is 6.61 Å². The number of rotatable bonds is 15. The van der Waals surface area contributed by atoms with Crippen LogP contribution in [0.25, 0.3) is 0 Å². The third-order valence-electron chi connectivity index (χ3n) is 5.32. The van der Waals surface area contributed by atoms with Gasteiger partial charge in [0.25, 0.3) is 0 Å².